The molecule has 0 spiro atoms. The molecule has 2 aromatic carbocycles. The van der Waals surface area contributed by atoms with Gasteiger partial charge in [-0.25, -0.2) is 0 Å². The summed E-state index contributed by atoms with van der Waals surface area (Å²) in [5.41, 5.74) is 1.37. The SMILES string of the molecule is O=C(CN1C(=O)[C@H]2CCCN2C(=O)c2ccccc21)Nc1ccc(Cl)c(Cl)c1. The van der Waals surface area contributed by atoms with Crippen molar-refractivity contribution in [3.63, 3.8) is 0 Å². The van der Waals surface area contributed by atoms with Crippen molar-refractivity contribution in [3.8, 4) is 0 Å². The number of rotatable bonds is 3. The van der Waals surface area contributed by atoms with Gasteiger partial charge < -0.3 is 15.1 Å². The fourth-order valence-electron chi connectivity index (χ4n) is 3.69. The van der Waals surface area contributed by atoms with Crippen LogP contribution in [0.3, 0.4) is 0 Å². The average Bonchev–Trinajstić information content (AvgIpc) is 3.15. The number of hydrogen-bond donors (Lipinski definition) is 1. The summed E-state index contributed by atoms with van der Waals surface area (Å²) in [6.07, 6.45) is 1.37. The highest BCUT2D eigenvalue weighted by Crippen LogP contribution is 2.32. The molecule has 8 heteroatoms. The summed E-state index contributed by atoms with van der Waals surface area (Å²) < 4.78 is 0. The van der Waals surface area contributed by atoms with Gasteiger partial charge in [-0.1, -0.05) is 35.3 Å². The molecule has 0 aliphatic carbocycles. The standard InChI is InChI=1S/C20H17Cl2N3O3/c21-14-8-7-12(10-15(14)22)23-18(26)11-25-16-5-2-1-4-13(16)19(27)24-9-3-6-17(24)20(25)28/h1-2,4-5,7-8,10,17H,3,6,9,11H2,(H,23,26)/t17-/m1/s1. The molecule has 0 unspecified atom stereocenters. The zero-order valence-electron chi connectivity index (χ0n) is 14.8. The predicted molar refractivity (Wildman–Crippen MR) is 108 cm³/mol. The number of nitrogens with one attached hydrogen (secondary N) is 1. The molecule has 2 aliphatic rings. The average molecular weight is 418 g/mol. The molecule has 3 amide bonds. The van der Waals surface area contributed by atoms with Gasteiger partial charge in [-0.05, 0) is 43.2 Å². The van der Waals surface area contributed by atoms with Crippen LogP contribution in [0.5, 0.6) is 0 Å². The van der Waals surface area contributed by atoms with E-state index in [9.17, 15) is 14.4 Å². The first-order chi connectivity index (χ1) is 13.5. The van der Waals surface area contributed by atoms with Crippen molar-refractivity contribution < 1.29 is 14.4 Å². The van der Waals surface area contributed by atoms with Crippen molar-refractivity contribution in [2.24, 2.45) is 0 Å². The summed E-state index contributed by atoms with van der Waals surface area (Å²) in [5.74, 6) is -0.792. The monoisotopic (exact) mass is 417 g/mol. The Kier molecular flexibility index (Phi) is 5.00. The summed E-state index contributed by atoms with van der Waals surface area (Å²) >= 11 is 11.9. The third-order valence-electron chi connectivity index (χ3n) is 5.00. The van der Waals surface area contributed by atoms with Gasteiger partial charge in [-0.2, -0.15) is 0 Å². The number of para-hydroxylation sites is 1. The Hall–Kier alpha value is -2.57. The normalized spacial score (nSPS) is 18.6. The van der Waals surface area contributed by atoms with Crippen LogP contribution in [0, 0.1) is 0 Å². The van der Waals surface area contributed by atoms with Crippen LogP contribution >= 0.6 is 23.2 Å². The first-order valence-corrected chi connectivity index (χ1v) is 9.67. The van der Waals surface area contributed by atoms with Gasteiger partial charge in [0.25, 0.3) is 5.91 Å². The number of fused-ring (bicyclic) bond motifs is 2. The number of benzene rings is 2. The highest BCUT2D eigenvalue weighted by molar-refractivity contribution is 6.42. The van der Waals surface area contributed by atoms with Crippen LogP contribution in [-0.4, -0.2) is 41.8 Å². The van der Waals surface area contributed by atoms with Gasteiger partial charge in [0.15, 0.2) is 0 Å². The Morgan fingerprint density at radius 2 is 1.89 bits per heavy atom. The molecule has 1 atom stereocenters. The second kappa shape index (κ2) is 7.45. The first kappa shape index (κ1) is 18.8. The third-order valence-corrected chi connectivity index (χ3v) is 5.73. The van der Waals surface area contributed by atoms with E-state index in [2.05, 4.69) is 5.32 Å². The largest absolute Gasteiger partial charge is 0.327 e. The summed E-state index contributed by atoms with van der Waals surface area (Å²) in [5, 5.41) is 3.43. The molecule has 2 heterocycles. The van der Waals surface area contributed by atoms with E-state index in [0.29, 0.717) is 39.9 Å². The topological polar surface area (TPSA) is 69.7 Å². The Bertz CT molecular complexity index is 979. The second-order valence-electron chi connectivity index (χ2n) is 6.78. The van der Waals surface area contributed by atoms with E-state index >= 15 is 0 Å². The number of hydrogen-bond acceptors (Lipinski definition) is 3. The van der Waals surface area contributed by atoms with Crippen molar-refractivity contribution >= 4 is 52.3 Å². The molecule has 2 aromatic rings. The molecule has 28 heavy (non-hydrogen) atoms. The van der Waals surface area contributed by atoms with E-state index < -0.39 is 6.04 Å². The molecule has 0 saturated carbocycles. The quantitative estimate of drug-likeness (QED) is 0.829. The van der Waals surface area contributed by atoms with Crippen molar-refractivity contribution in [2.75, 3.05) is 23.3 Å². The number of carbonyl (C=O) groups is 3. The minimum absolute atomic E-state index is 0.168. The molecule has 2 aliphatic heterocycles. The van der Waals surface area contributed by atoms with Crippen molar-refractivity contribution in [1.29, 1.82) is 0 Å². The van der Waals surface area contributed by atoms with Gasteiger partial charge in [0.05, 0.1) is 21.3 Å². The molecule has 144 valence electrons. The molecule has 1 saturated heterocycles. The second-order valence-corrected chi connectivity index (χ2v) is 7.59. The number of anilines is 2. The van der Waals surface area contributed by atoms with E-state index in [-0.39, 0.29) is 24.3 Å². The minimum atomic E-state index is -0.530. The molecule has 0 radical (unpaired) electrons. The minimum Gasteiger partial charge on any atom is -0.327 e. The van der Waals surface area contributed by atoms with Gasteiger partial charge in [0.1, 0.15) is 12.6 Å². The highest BCUT2D eigenvalue weighted by atomic mass is 35.5. The van der Waals surface area contributed by atoms with Crippen molar-refractivity contribution in [2.45, 2.75) is 18.9 Å². The summed E-state index contributed by atoms with van der Waals surface area (Å²) in [6, 6.07) is 11.1. The maximum Gasteiger partial charge on any atom is 0.256 e. The van der Waals surface area contributed by atoms with Gasteiger partial charge in [-0.15, -0.1) is 0 Å². The number of halogens is 2. The molecule has 0 bridgehead atoms. The predicted octanol–water partition coefficient (Wildman–Crippen LogP) is 3.58. The molecular formula is C20H17Cl2N3O3. The zero-order valence-corrected chi connectivity index (χ0v) is 16.3. The maximum absolute atomic E-state index is 13.1. The maximum atomic E-state index is 13.1. The number of nitrogens with zero attached hydrogens (tertiary/aromatic N) is 2. The van der Waals surface area contributed by atoms with E-state index in [1.807, 2.05) is 0 Å². The van der Waals surface area contributed by atoms with E-state index in [4.69, 9.17) is 23.2 Å². The Labute approximate surface area is 172 Å². The van der Waals surface area contributed by atoms with E-state index in [1.165, 1.54) is 4.90 Å². The lowest BCUT2D eigenvalue weighted by Gasteiger charge is -2.25. The van der Waals surface area contributed by atoms with Crippen molar-refractivity contribution in [1.82, 2.24) is 4.90 Å². The Morgan fingerprint density at radius 1 is 1.11 bits per heavy atom. The van der Waals surface area contributed by atoms with E-state index in [1.54, 1.807) is 47.4 Å². The summed E-state index contributed by atoms with van der Waals surface area (Å²) in [7, 11) is 0. The lowest BCUT2D eigenvalue weighted by atomic mass is 10.1. The van der Waals surface area contributed by atoms with Gasteiger partial charge >= 0.3 is 0 Å². The van der Waals surface area contributed by atoms with Crippen LogP contribution in [0.4, 0.5) is 11.4 Å². The lowest BCUT2D eigenvalue weighted by molar-refractivity contribution is -0.124. The zero-order chi connectivity index (χ0) is 19.8. The Balaban J connectivity index is 1.62. The number of carbonyl (C=O) groups excluding carboxylic acids is 3. The number of amides is 3. The third kappa shape index (κ3) is 3.34. The highest BCUT2D eigenvalue weighted by Gasteiger charge is 2.42. The first-order valence-electron chi connectivity index (χ1n) is 8.92. The fraction of sp³-hybridized carbons (Fsp3) is 0.250. The smallest absolute Gasteiger partial charge is 0.256 e. The van der Waals surface area contributed by atoms with Crippen LogP contribution in [-0.2, 0) is 9.59 Å². The lowest BCUT2D eigenvalue weighted by Crippen LogP contribution is -2.47. The van der Waals surface area contributed by atoms with E-state index in [0.717, 1.165) is 6.42 Å². The van der Waals surface area contributed by atoms with Gasteiger partial charge in [0, 0.05) is 12.2 Å². The van der Waals surface area contributed by atoms with Gasteiger partial charge in [0.2, 0.25) is 11.8 Å². The van der Waals surface area contributed by atoms with Crippen molar-refractivity contribution in [3.05, 3.63) is 58.1 Å². The van der Waals surface area contributed by atoms with Crippen LogP contribution in [0.25, 0.3) is 0 Å². The van der Waals surface area contributed by atoms with Crippen LogP contribution in [0.2, 0.25) is 10.0 Å². The van der Waals surface area contributed by atoms with Crippen LogP contribution in [0.15, 0.2) is 42.5 Å². The summed E-state index contributed by atoms with van der Waals surface area (Å²) in [6.45, 7) is 0.348. The van der Waals surface area contributed by atoms with Crippen LogP contribution < -0.4 is 10.2 Å². The molecule has 6 nitrogen and oxygen atoms in total. The molecule has 1 N–H and O–H groups in total. The summed E-state index contributed by atoms with van der Waals surface area (Å²) in [4.78, 5) is 41.7. The molecule has 0 aromatic heterocycles. The molecule has 4 rings (SSSR count). The molecule has 1 fully saturated rings. The fourth-order valence-corrected chi connectivity index (χ4v) is 3.99. The van der Waals surface area contributed by atoms with Gasteiger partial charge in [-0.3, -0.25) is 14.4 Å². The molecular weight excluding hydrogens is 401 g/mol. The Morgan fingerprint density at radius 3 is 2.68 bits per heavy atom. The van der Waals surface area contributed by atoms with Crippen LogP contribution in [0.1, 0.15) is 23.2 Å².